The number of carbonyl (C=O) groups is 1. The van der Waals surface area contributed by atoms with Crippen LogP contribution in [0.25, 0.3) is 0 Å². The van der Waals surface area contributed by atoms with E-state index in [4.69, 9.17) is 4.74 Å². The molecule has 0 aliphatic carbocycles. The van der Waals surface area contributed by atoms with Gasteiger partial charge in [0, 0.05) is 17.8 Å². The van der Waals surface area contributed by atoms with E-state index >= 15 is 0 Å². The summed E-state index contributed by atoms with van der Waals surface area (Å²) < 4.78 is 6.87. The quantitative estimate of drug-likeness (QED) is 0.488. The summed E-state index contributed by atoms with van der Waals surface area (Å²) in [6, 6.07) is 13.7. The first-order valence-electron chi connectivity index (χ1n) is 5.41. The van der Waals surface area contributed by atoms with Crippen LogP contribution in [0.15, 0.2) is 56.7 Å². The van der Waals surface area contributed by atoms with Crippen LogP contribution in [0, 0.1) is 3.57 Å². The van der Waals surface area contributed by atoms with Gasteiger partial charge < -0.3 is 4.74 Å². The van der Waals surface area contributed by atoms with E-state index in [2.05, 4.69) is 38.5 Å². The average Bonchev–Trinajstić information content (AvgIpc) is 2.42. The number of ether oxygens (including phenoxy) is 1. The van der Waals surface area contributed by atoms with Gasteiger partial charge in [-0.2, -0.15) is 0 Å². The van der Waals surface area contributed by atoms with E-state index in [1.165, 1.54) is 7.11 Å². The highest BCUT2D eigenvalue weighted by atomic mass is 127. The van der Waals surface area contributed by atoms with Crippen LogP contribution in [0.1, 0.15) is 10.4 Å². The first-order valence-corrected chi connectivity index (χ1v) is 8.10. The van der Waals surface area contributed by atoms with Crippen molar-refractivity contribution in [3.63, 3.8) is 0 Å². The molecular formula is C14H10BrIO2S. The van der Waals surface area contributed by atoms with Crippen molar-refractivity contribution >= 4 is 56.3 Å². The molecule has 0 heterocycles. The summed E-state index contributed by atoms with van der Waals surface area (Å²) in [5.41, 5.74) is 0.599. The second-order valence-corrected chi connectivity index (χ2v) is 6.96. The molecule has 2 aromatic rings. The Kier molecular flexibility index (Phi) is 5.29. The molecule has 2 aromatic carbocycles. The zero-order chi connectivity index (χ0) is 13.8. The third-order valence-corrected chi connectivity index (χ3v) is 4.67. The average molecular weight is 449 g/mol. The largest absolute Gasteiger partial charge is 0.465 e. The number of hydrogen-bond acceptors (Lipinski definition) is 3. The van der Waals surface area contributed by atoms with E-state index in [0.29, 0.717) is 5.56 Å². The molecule has 2 rings (SSSR count). The van der Waals surface area contributed by atoms with Gasteiger partial charge in [0.2, 0.25) is 0 Å². The fourth-order valence-electron chi connectivity index (χ4n) is 1.49. The lowest BCUT2D eigenvalue weighted by Crippen LogP contribution is -2.03. The molecule has 0 radical (unpaired) electrons. The van der Waals surface area contributed by atoms with Gasteiger partial charge >= 0.3 is 5.97 Å². The molecule has 98 valence electrons. The molecule has 5 heteroatoms. The topological polar surface area (TPSA) is 26.3 Å². The Balaban J connectivity index is 2.34. The zero-order valence-corrected chi connectivity index (χ0v) is 14.6. The fraction of sp³-hybridized carbons (Fsp3) is 0.0714. The molecule has 2 nitrogen and oxygen atoms in total. The van der Waals surface area contributed by atoms with Crippen molar-refractivity contribution in [2.45, 2.75) is 9.79 Å². The van der Waals surface area contributed by atoms with Crippen molar-refractivity contribution in [2.24, 2.45) is 0 Å². The third-order valence-electron chi connectivity index (χ3n) is 2.39. The lowest BCUT2D eigenvalue weighted by Gasteiger charge is -2.08. The van der Waals surface area contributed by atoms with Gasteiger partial charge in [-0.3, -0.25) is 0 Å². The van der Waals surface area contributed by atoms with E-state index in [-0.39, 0.29) is 5.97 Å². The number of esters is 1. The standard InChI is InChI=1S/C14H10BrIO2S/c1-18-14(17)12-8-10(16)4-7-13(12)19-11-5-2-9(15)3-6-11/h2-8H,1H3. The summed E-state index contributed by atoms with van der Waals surface area (Å²) in [6.07, 6.45) is 0. The monoisotopic (exact) mass is 448 g/mol. The van der Waals surface area contributed by atoms with Gasteiger partial charge in [0.15, 0.2) is 0 Å². The van der Waals surface area contributed by atoms with Gasteiger partial charge in [-0.25, -0.2) is 4.79 Å². The molecule has 0 aromatic heterocycles. The van der Waals surface area contributed by atoms with Crippen LogP contribution in [0.5, 0.6) is 0 Å². The minimum Gasteiger partial charge on any atom is -0.465 e. The van der Waals surface area contributed by atoms with Crippen LogP contribution in [0.3, 0.4) is 0 Å². The highest BCUT2D eigenvalue weighted by Crippen LogP contribution is 2.32. The van der Waals surface area contributed by atoms with E-state index in [1.54, 1.807) is 11.8 Å². The smallest absolute Gasteiger partial charge is 0.339 e. The van der Waals surface area contributed by atoms with Crippen molar-refractivity contribution in [3.05, 3.63) is 56.1 Å². The van der Waals surface area contributed by atoms with E-state index in [1.807, 2.05) is 42.5 Å². The first kappa shape index (κ1) is 14.9. The van der Waals surface area contributed by atoms with Crippen molar-refractivity contribution in [2.75, 3.05) is 7.11 Å². The molecule has 19 heavy (non-hydrogen) atoms. The number of benzene rings is 2. The summed E-state index contributed by atoms with van der Waals surface area (Å²) in [6.45, 7) is 0. The minimum absolute atomic E-state index is 0.307. The van der Waals surface area contributed by atoms with Gasteiger partial charge in [0.1, 0.15) is 0 Å². The third kappa shape index (κ3) is 3.97. The van der Waals surface area contributed by atoms with Crippen LogP contribution in [0.4, 0.5) is 0 Å². The minimum atomic E-state index is -0.307. The van der Waals surface area contributed by atoms with Crippen LogP contribution >= 0.6 is 50.3 Å². The van der Waals surface area contributed by atoms with Crippen molar-refractivity contribution in [1.82, 2.24) is 0 Å². The van der Waals surface area contributed by atoms with E-state index in [9.17, 15) is 4.79 Å². The van der Waals surface area contributed by atoms with Gasteiger partial charge in [0.05, 0.1) is 12.7 Å². The molecule has 0 saturated heterocycles. The first-order chi connectivity index (χ1) is 9.10. The van der Waals surface area contributed by atoms with Crippen LogP contribution in [0.2, 0.25) is 0 Å². The Morgan fingerprint density at radius 3 is 2.53 bits per heavy atom. The van der Waals surface area contributed by atoms with Gasteiger partial charge in [-0.05, 0) is 65.1 Å². The maximum absolute atomic E-state index is 11.8. The lowest BCUT2D eigenvalue weighted by molar-refractivity contribution is 0.0596. The van der Waals surface area contributed by atoms with Crippen LogP contribution in [-0.4, -0.2) is 13.1 Å². The van der Waals surface area contributed by atoms with Crippen LogP contribution in [-0.2, 0) is 4.74 Å². The molecule has 0 unspecified atom stereocenters. The van der Waals surface area contributed by atoms with Crippen molar-refractivity contribution in [1.29, 1.82) is 0 Å². The molecule has 0 spiro atoms. The van der Waals surface area contributed by atoms with Gasteiger partial charge in [-0.1, -0.05) is 27.7 Å². The summed E-state index contributed by atoms with van der Waals surface area (Å²) in [7, 11) is 1.40. The number of halogens is 2. The van der Waals surface area contributed by atoms with Crippen molar-refractivity contribution < 1.29 is 9.53 Å². The predicted octanol–water partition coefficient (Wildman–Crippen LogP) is 4.99. The number of rotatable bonds is 3. The number of methoxy groups -OCH3 is 1. The Morgan fingerprint density at radius 2 is 1.89 bits per heavy atom. The summed E-state index contributed by atoms with van der Waals surface area (Å²) in [5, 5.41) is 0. The molecule has 0 aliphatic rings. The maximum Gasteiger partial charge on any atom is 0.339 e. The lowest BCUT2D eigenvalue weighted by atomic mass is 10.2. The second kappa shape index (κ2) is 6.76. The maximum atomic E-state index is 11.8. The molecule has 0 fully saturated rings. The van der Waals surface area contributed by atoms with Gasteiger partial charge in [-0.15, -0.1) is 0 Å². The number of hydrogen-bond donors (Lipinski definition) is 0. The summed E-state index contributed by atoms with van der Waals surface area (Å²) in [4.78, 5) is 13.8. The van der Waals surface area contributed by atoms with Gasteiger partial charge in [0.25, 0.3) is 0 Å². The SMILES string of the molecule is COC(=O)c1cc(I)ccc1Sc1ccc(Br)cc1. The molecule has 0 saturated carbocycles. The Hall–Kier alpha value is -0.530. The fourth-order valence-corrected chi connectivity index (χ4v) is 3.16. The van der Waals surface area contributed by atoms with Crippen LogP contribution < -0.4 is 0 Å². The Bertz CT molecular complexity index is 599. The molecule has 0 N–H and O–H groups in total. The Morgan fingerprint density at radius 1 is 1.21 bits per heavy atom. The molecule has 0 amide bonds. The summed E-state index contributed by atoms with van der Waals surface area (Å²) in [5.74, 6) is -0.307. The highest BCUT2D eigenvalue weighted by molar-refractivity contribution is 14.1. The van der Waals surface area contributed by atoms with Crippen molar-refractivity contribution in [3.8, 4) is 0 Å². The highest BCUT2D eigenvalue weighted by Gasteiger charge is 2.13. The molecular weight excluding hydrogens is 439 g/mol. The van der Waals surface area contributed by atoms with E-state index in [0.717, 1.165) is 17.8 Å². The molecule has 0 bridgehead atoms. The van der Waals surface area contributed by atoms with E-state index < -0.39 is 0 Å². The predicted molar refractivity (Wildman–Crippen MR) is 88.8 cm³/mol. The molecule has 0 aliphatic heterocycles. The summed E-state index contributed by atoms with van der Waals surface area (Å²) >= 11 is 7.14. The molecule has 0 atom stereocenters. The normalized spacial score (nSPS) is 10.3. The zero-order valence-electron chi connectivity index (χ0n) is 10.0. The Labute approximate surface area is 138 Å². The number of carbonyl (C=O) groups excluding carboxylic acids is 1. The second-order valence-electron chi connectivity index (χ2n) is 3.69.